The van der Waals surface area contributed by atoms with Gasteiger partial charge in [-0.1, -0.05) is 3.89 Å². The van der Waals surface area contributed by atoms with Crippen LogP contribution in [0.2, 0.25) is 0 Å². The Hall–Kier alpha value is -1.11. The molecule has 1 rings (SSSR count). The maximum Gasteiger partial charge on any atom is 0.350 e. The second kappa shape index (κ2) is 3.33. The predicted octanol–water partition coefficient (Wildman–Crippen LogP) is 1.68. The van der Waals surface area contributed by atoms with Crippen molar-refractivity contribution < 1.29 is 21.1 Å². The molecule has 0 bridgehead atoms. The third-order valence-corrected chi connectivity index (χ3v) is 2.07. The molecular formula is C6H4F3NO2S. The molecule has 0 fully saturated rings. The quantitative estimate of drug-likeness (QED) is 0.699. The molecule has 1 aromatic heterocycles. The zero-order chi connectivity index (χ0) is 10.1. The van der Waals surface area contributed by atoms with Crippen LogP contribution in [0.4, 0.5) is 12.7 Å². The minimum atomic E-state index is -5.17. The number of hydrogen-bond donors (Lipinski definition) is 0. The lowest BCUT2D eigenvalue weighted by Crippen LogP contribution is -2.02. The van der Waals surface area contributed by atoms with Gasteiger partial charge in [-0.25, -0.2) is 13.8 Å². The molecule has 13 heavy (non-hydrogen) atoms. The zero-order valence-electron chi connectivity index (χ0n) is 6.12. The number of nitrogens with zero attached hydrogens (tertiary/aromatic N) is 1. The fourth-order valence-electron chi connectivity index (χ4n) is 0.773. The van der Waals surface area contributed by atoms with Gasteiger partial charge in [0.1, 0.15) is 0 Å². The normalized spacial score (nSPS) is 12.0. The third-order valence-electron chi connectivity index (χ3n) is 1.27. The number of rotatable bonds is 2. The predicted molar refractivity (Wildman–Crippen MR) is 37.5 cm³/mol. The summed E-state index contributed by atoms with van der Waals surface area (Å²) in [6.45, 7) is 0. The minimum Gasteiger partial charge on any atom is -0.242 e. The molecule has 3 nitrogen and oxygen atoms in total. The molecule has 72 valence electrons. The number of hydrogen-bond acceptors (Lipinski definition) is 3. The van der Waals surface area contributed by atoms with E-state index in [0.29, 0.717) is 0 Å². The molecule has 0 saturated carbocycles. The second-order valence-electron chi connectivity index (χ2n) is 2.14. The van der Waals surface area contributed by atoms with Gasteiger partial charge in [0.25, 0.3) is 6.43 Å². The molecule has 1 heterocycles. The summed E-state index contributed by atoms with van der Waals surface area (Å²) < 4.78 is 57.1. The SMILES string of the molecule is O=S(=O)(F)c1ncccc1C(F)F. The van der Waals surface area contributed by atoms with Crippen LogP contribution in [-0.4, -0.2) is 13.4 Å². The van der Waals surface area contributed by atoms with E-state index in [0.717, 1.165) is 18.3 Å². The molecule has 0 N–H and O–H groups in total. The monoisotopic (exact) mass is 211 g/mol. The summed E-state index contributed by atoms with van der Waals surface area (Å²) in [7, 11) is -5.17. The topological polar surface area (TPSA) is 47.0 Å². The van der Waals surface area contributed by atoms with Gasteiger partial charge in [0.2, 0.25) is 0 Å². The first kappa shape index (κ1) is 9.97. The van der Waals surface area contributed by atoms with Crippen molar-refractivity contribution in [2.75, 3.05) is 0 Å². The molecule has 0 aliphatic carbocycles. The summed E-state index contributed by atoms with van der Waals surface area (Å²) in [5.74, 6) is 0. The van der Waals surface area contributed by atoms with Gasteiger partial charge < -0.3 is 0 Å². The largest absolute Gasteiger partial charge is 0.350 e. The van der Waals surface area contributed by atoms with Gasteiger partial charge in [-0.15, -0.1) is 0 Å². The Morgan fingerprint density at radius 2 is 2.00 bits per heavy atom. The Morgan fingerprint density at radius 3 is 2.38 bits per heavy atom. The molecule has 0 amide bonds. The van der Waals surface area contributed by atoms with Gasteiger partial charge in [0, 0.05) is 6.20 Å². The van der Waals surface area contributed by atoms with E-state index >= 15 is 0 Å². The number of halogens is 3. The highest BCUT2D eigenvalue weighted by Gasteiger charge is 2.23. The Morgan fingerprint density at radius 1 is 1.38 bits per heavy atom. The van der Waals surface area contributed by atoms with E-state index in [1.807, 2.05) is 0 Å². The van der Waals surface area contributed by atoms with Gasteiger partial charge >= 0.3 is 10.2 Å². The van der Waals surface area contributed by atoms with Crippen LogP contribution in [0.5, 0.6) is 0 Å². The van der Waals surface area contributed by atoms with Crippen molar-refractivity contribution in [3.05, 3.63) is 23.9 Å². The minimum absolute atomic E-state index is 0.810. The van der Waals surface area contributed by atoms with Gasteiger partial charge in [0.05, 0.1) is 5.56 Å². The fourth-order valence-corrected chi connectivity index (χ4v) is 1.40. The average Bonchev–Trinajstić information content (AvgIpc) is 2.03. The number of pyridine rings is 1. The van der Waals surface area contributed by atoms with E-state index in [1.54, 1.807) is 0 Å². The lowest BCUT2D eigenvalue weighted by molar-refractivity contribution is 0.147. The highest BCUT2D eigenvalue weighted by atomic mass is 32.3. The van der Waals surface area contributed by atoms with E-state index < -0.39 is 27.2 Å². The highest BCUT2D eigenvalue weighted by Crippen LogP contribution is 2.25. The average molecular weight is 211 g/mol. The third kappa shape index (κ3) is 2.18. The van der Waals surface area contributed by atoms with E-state index in [9.17, 15) is 21.1 Å². The maximum absolute atomic E-state index is 12.3. The van der Waals surface area contributed by atoms with Crippen molar-refractivity contribution in [1.82, 2.24) is 4.98 Å². The molecule has 0 unspecified atom stereocenters. The summed E-state index contributed by atoms with van der Waals surface area (Å²) in [5, 5.41) is -1.22. The zero-order valence-corrected chi connectivity index (χ0v) is 6.93. The van der Waals surface area contributed by atoms with Crippen molar-refractivity contribution in [2.24, 2.45) is 0 Å². The van der Waals surface area contributed by atoms with Crippen LogP contribution in [-0.2, 0) is 10.2 Å². The summed E-state index contributed by atoms with van der Waals surface area (Å²) in [6, 6.07) is 1.92. The lowest BCUT2D eigenvalue weighted by atomic mass is 10.3. The Kier molecular flexibility index (Phi) is 2.55. The van der Waals surface area contributed by atoms with Crippen LogP contribution in [0.3, 0.4) is 0 Å². The lowest BCUT2D eigenvalue weighted by Gasteiger charge is -2.01. The second-order valence-corrected chi connectivity index (χ2v) is 3.40. The van der Waals surface area contributed by atoms with Crippen molar-refractivity contribution >= 4 is 10.2 Å². The van der Waals surface area contributed by atoms with Crippen molar-refractivity contribution in [1.29, 1.82) is 0 Å². The first-order chi connectivity index (χ1) is 5.93. The first-order valence-corrected chi connectivity index (χ1v) is 4.49. The van der Waals surface area contributed by atoms with Crippen LogP contribution in [0, 0.1) is 0 Å². The Bertz CT molecular complexity index is 404. The molecule has 0 aromatic carbocycles. The molecule has 0 spiro atoms. The summed E-state index contributed by atoms with van der Waals surface area (Å²) >= 11 is 0. The van der Waals surface area contributed by atoms with Gasteiger partial charge in [-0.2, -0.15) is 8.42 Å². The summed E-state index contributed by atoms with van der Waals surface area (Å²) in [5.41, 5.74) is -0.926. The van der Waals surface area contributed by atoms with Crippen LogP contribution >= 0.6 is 0 Å². The molecule has 7 heteroatoms. The van der Waals surface area contributed by atoms with E-state index in [-0.39, 0.29) is 0 Å². The van der Waals surface area contributed by atoms with Crippen LogP contribution in [0.15, 0.2) is 23.4 Å². The summed E-state index contributed by atoms with van der Waals surface area (Å²) in [4.78, 5) is 3.03. The van der Waals surface area contributed by atoms with E-state index in [2.05, 4.69) is 4.98 Å². The van der Waals surface area contributed by atoms with Crippen LogP contribution in [0.25, 0.3) is 0 Å². The Balaban J connectivity index is 3.37. The van der Waals surface area contributed by atoms with E-state index in [1.165, 1.54) is 0 Å². The van der Waals surface area contributed by atoms with Crippen molar-refractivity contribution in [2.45, 2.75) is 11.5 Å². The molecule has 0 atom stereocenters. The molecule has 0 saturated heterocycles. The fraction of sp³-hybridized carbons (Fsp3) is 0.167. The molecule has 0 aliphatic rings. The smallest absolute Gasteiger partial charge is 0.242 e. The standard InChI is InChI=1S/C6H4F3NO2S/c7-5(8)4-2-1-3-10-6(4)13(9,11)12/h1-3,5H. The number of aromatic nitrogens is 1. The number of alkyl halides is 2. The van der Waals surface area contributed by atoms with Crippen LogP contribution in [0.1, 0.15) is 12.0 Å². The first-order valence-electron chi connectivity index (χ1n) is 3.10. The van der Waals surface area contributed by atoms with Gasteiger partial charge in [-0.05, 0) is 12.1 Å². The highest BCUT2D eigenvalue weighted by molar-refractivity contribution is 7.86. The molecule has 0 radical (unpaired) electrons. The van der Waals surface area contributed by atoms with E-state index in [4.69, 9.17) is 0 Å². The van der Waals surface area contributed by atoms with Gasteiger partial charge in [-0.3, -0.25) is 0 Å². The maximum atomic E-state index is 12.3. The Labute approximate surface area is 72.4 Å². The van der Waals surface area contributed by atoms with Crippen molar-refractivity contribution in [3.63, 3.8) is 0 Å². The summed E-state index contributed by atoms with van der Waals surface area (Å²) in [6.07, 6.45) is -2.13. The van der Waals surface area contributed by atoms with Crippen LogP contribution < -0.4 is 0 Å². The van der Waals surface area contributed by atoms with Crippen molar-refractivity contribution in [3.8, 4) is 0 Å². The molecule has 1 aromatic rings. The molecule has 0 aliphatic heterocycles. The molecular weight excluding hydrogens is 207 g/mol. The van der Waals surface area contributed by atoms with Gasteiger partial charge in [0.15, 0.2) is 5.03 Å².